The molecule has 0 saturated carbocycles. The quantitative estimate of drug-likeness (QED) is 0.767. The van der Waals surface area contributed by atoms with E-state index in [-0.39, 0.29) is 10.9 Å². The SMILES string of the molecule is O=C(Nc1ncc(Br)nc1Br)c1ccc(Cl)cc1Cl. The number of amides is 1. The number of benzene rings is 1. The number of hydrogen-bond acceptors (Lipinski definition) is 3. The van der Waals surface area contributed by atoms with Gasteiger partial charge in [-0.05, 0) is 50.1 Å². The van der Waals surface area contributed by atoms with Crippen LogP contribution in [-0.4, -0.2) is 15.9 Å². The minimum absolute atomic E-state index is 0.270. The molecule has 98 valence electrons. The van der Waals surface area contributed by atoms with Crippen LogP contribution < -0.4 is 5.32 Å². The lowest BCUT2D eigenvalue weighted by Crippen LogP contribution is -2.14. The van der Waals surface area contributed by atoms with Crippen molar-refractivity contribution < 1.29 is 4.79 Å². The lowest BCUT2D eigenvalue weighted by atomic mass is 10.2. The number of halogens is 4. The number of carbonyl (C=O) groups is 1. The van der Waals surface area contributed by atoms with Gasteiger partial charge in [0.1, 0.15) is 9.21 Å². The van der Waals surface area contributed by atoms with Crippen LogP contribution in [0.2, 0.25) is 10.0 Å². The molecule has 1 heterocycles. The summed E-state index contributed by atoms with van der Waals surface area (Å²) >= 11 is 18.1. The molecule has 2 aromatic rings. The zero-order valence-corrected chi connectivity index (χ0v) is 13.8. The normalized spacial score (nSPS) is 10.3. The number of nitrogens with one attached hydrogen (secondary N) is 1. The van der Waals surface area contributed by atoms with Crippen molar-refractivity contribution in [3.63, 3.8) is 0 Å². The Morgan fingerprint density at radius 3 is 2.63 bits per heavy atom. The first-order chi connectivity index (χ1) is 8.97. The van der Waals surface area contributed by atoms with Crippen LogP contribution in [0.5, 0.6) is 0 Å². The monoisotopic (exact) mass is 423 g/mol. The molecule has 0 unspecified atom stereocenters. The smallest absolute Gasteiger partial charge is 0.258 e. The Kier molecular flexibility index (Phi) is 4.78. The lowest BCUT2D eigenvalue weighted by molar-refractivity contribution is 0.102. The summed E-state index contributed by atoms with van der Waals surface area (Å²) in [6.45, 7) is 0. The van der Waals surface area contributed by atoms with E-state index in [1.165, 1.54) is 12.3 Å². The van der Waals surface area contributed by atoms with Gasteiger partial charge < -0.3 is 5.32 Å². The lowest BCUT2D eigenvalue weighted by Gasteiger charge is -2.07. The van der Waals surface area contributed by atoms with Gasteiger partial charge in [0.05, 0.1) is 16.8 Å². The summed E-state index contributed by atoms with van der Waals surface area (Å²) in [4.78, 5) is 20.1. The van der Waals surface area contributed by atoms with E-state index in [9.17, 15) is 4.79 Å². The molecule has 0 radical (unpaired) electrons. The molecular formula is C11H5Br2Cl2N3O. The van der Waals surface area contributed by atoms with Crippen LogP contribution >= 0.6 is 55.1 Å². The molecule has 0 aliphatic carbocycles. The number of hydrogen-bond donors (Lipinski definition) is 1. The minimum Gasteiger partial charge on any atom is -0.304 e. The van der Waals surface area contributed by atoms with E-state index in [1.807, 2.05) is 0 Å². The Bertz CT molecular complexity index is 652. The van der Waals surface area contributed by atoms with Crippen molar-refractivity contribution in [1.82, 2.24) is 9.97 Å². The molecule has 0 bridgehead atoms. The first kappa shape index (κ1) is 14.7. The summed E-state index contributed by atoms with van der Waals surface area (Å²) in [5, 5.41) is 3.34. The second-order valence-electron chi connectivity index (χ2n) is 3.41. The minimum atomic E-state index is -0.390. The van der Waals surface area contributed by atoms with Gasteiger partial charge in [0.15, 0.2) is 5.82 Å². The van der Waals surface area contributed by atoms with Crippen molar-refractivity contribution in [3.8, 4) is 0 Å². The molecule has 0 saturated heterocycles. The fourth-order valence-electron chi connectivity index (χ4n) is 1.28. The van der Waals surface area contributed by atoms with Gasteiger partial charge in [-0.25, -0.2) is 9.97 Å². The number of carbonyl (C=O) groups excluding carboxylic acids is 1. The number of aromatic nitrogens is 2. The van der Waals surface area contributed by atoms with Crippen LogP contribution in [0, 0.1) is 0 Å². The van der Waals surface area contributed by atoms with Gasteiger partial charge in [-0.3, -0.25) is 4.79 Å². The first-order valence-electron chi connectivity index (χ1n) is 4.92. The van der Waals surface area contributed by atoms with E-state index in [0.717, 1.165) is 0 Å². The topological polar surface area (TPSA) is 54.9 Å². The van der Waals surface area contributed by atoms with Crippen molar-refractivity contribution >= 4 is 66.8 Å². The van der Waals surface area contributed by atoms with E-state index < -0.39 is 0 Å². The molecule has 1 N–H and O–H groups in total. The maximum Gasteiger partial charge on any atom is 0.258 e. The Labute approximate surface area is 135 Å². The van der Waals surface area contributed by atoms with Gasteiger partial charge in [-0.1, -0.05) is 23.2 Å². The second kappa shape index (κ2) is 6.17. The largest absolute Gasteiger partial charge is 0.304 e. The maximum absolute atomic E-state index is 12.0. The Morgan fingerprint density at radius 2 is 2.00 bits per heavy atom. The average Bonchev–Trinajstić information content (AvgIpc) is 2.32. The van der Waals surface area contributed by atoms with E-state index in [1.54, 1.807) is 12.1 Å². The zero-order valence-electron chi connectivity index (χ0n) is 9.12. The van der Waals surface area contributed by atoms with Crippen molar-refractivity contribution in [2.45, 2.75) is 0 Å². The zero-order chi connectivity index (χ0) is 14.0. The van der Waals surface area contributed by atoms with Crippen molar-refractivity contribution in [3.05, 3.63) is 49.2 Å². The second-order valence-corrected chi connectivity index (χ2v) is 5.82. The molecule has 0 aliphatic heterocycles. The molecule has 0 spiro atoms. The number of rotatable bonds is 2. The Morgan fingerprint density at radius 1 is 1.26 bits per heavy atom. The maximum atomic E-state index is 12.0. The van der Waals surface area contributed by atoms with Gasteiger partial charge >= 0.3 is 0 Å². The highest BCUT2D eigenvalue weighted by molar-refractivity contribution is 9.11. The Hall–Kier alpha value is -0.690. The van der Waals surface area contributed by atoms with E-state index in [0.29, 0.717) is 25.6 Å². The summed E-state index contributed by atoms with van der Waals surface area (Å²) < 4.78 is 0.974. The predicted octanol–water partition coefficient (Wildman–Crippen LogP) is 4.56. The molecule has 1 amide bonds. The highest BCUT2D eigenvalue weighted by Gasteiger charge is 2.13. The summed E-state index contributed by atoms with van der Waals surface area (Å²) in [6, 6.07) is 4.63. The fourth-order valence-corrected chi connectivity index (χ4v) is 2.68. The molecule has 0 atom stereocenters. The predicted molar refractivity (Wildman–Crippen MR) is 81.8 cm³/mol. The van der Waals surface area contributed by atoms with Gasteiger partial charge in [0, 0.05) is 5.02 Å². The van der Waals surface area contributed by atoms with Crippen LogP contribution in [-0.2, 0) is 0 Å². The molecule has 1 aromatic heterocycles. The van der Waals surface area contributed by atoms with Crippen molar-refractivity contribution in [1.29, 1.82) is 0 Å². The highest BCUT2D eigenvalue weighted by atomic mass is 79.9. The van der Waals surface area contributed by atoms with Crippen LogP contribution in [0.4, 0.5) is 5.82 Å². The van der Waals surface area contributed by atoms with Crippen LogP contribution in [0.3, 0.4) is 0 Å². The highest BCUT2D eigenvalue weighted by Crippen LogP contribution is 2.24. The van der Waals surface area contributed by atoms with Gasteiger partial charge in [0.2, 0.25) is 0 Å². The van der Waals surface area contributed by atoms with Crippen molar-refractivity contribution in [2.24, 2.45) is 0 Å². The third-order valence-corrected chi connectivity index (χ3v) is 3.59. The van der Waals surface area contributed by atoms with Crippen LogP contribution in [0.25, 0.3) is 0 Å². The standard InChI is InChI=1S/C11H5Br2Cl2N3O/c12-8-4-16-10(9(13)17-8)18-11(19)6-2-1-5(14)3-7(6)15/h1-4H,(H,16,18,19). The van der Waals surface area contributed by atoms with Gasteiger partial charge in [-0.2, -0.15) is 0 Å². The third kappa shape index (κ3) is 3.66. The molecule has 0 aliphatic rings. The molecule has 1 aromatic carbocycles. The first-order valence-corrected chi connectivity index (χ1v) is 7.26. The van der Waals surface area contributed by atoms with E-state index >= 15 is 0 Å². The summed E-state index contributed by atoms with van der Waals surface area (Å²) in [6.07, 6.45) is 1.48. The van der Waals surface area contributed by atoms with E-state index in [4.69, 9.17) is 23.2 Å². The van der Waals surface area contributed by atoms with Crippen LogP contribution in [0.15, 0.2) is 33.6 Å². The Balaban J connectivity index is 2.25. The summed E-state index contributed by atoms with van der Waals surface area (Å²) in [7, 11) is 0. The molecule has 0 fully saturated rings. The molecular weight excluding hydrogens is 421 g/mol. The molecule has 8 heteroatoms. The molecule has 19 heavy (non-hydrogen) atoms. The fraction of sp³-hybridized carbons (Fsp3) is 0. The van der Waals surface area contributed by atoms with Gasteiger partial charge in [-0.15, -0.1) is 0 Å². The average molecular weight is 426 g/mol. The summed E-state index contributed by atoms with van der Waals surface area (Å²) in [5.41, 5.74) is 0.308. The van der Waals surface area contributed by atoms with Gasteiger partial charge in [0.25, 0.3) is 5.91 Å². The third-order valence-electron chi connectivity index (χ3n) is 2.11. The van der Waals surface area contributed by atoms with E-state index in [2.05, 4.69) is 47.1 Å². The number of anilines is 1. The van der Waals surface area contributed by atoms with Crippen LogP contribution in [0.1, 0.15) is 10.4 Å². The molecule has 4 nitrogen and oxygen atoms in total. The van der Waals surface area contributed by atoms with Crippen molar-refractivity contribution in [2.75, 3.05) is 5.32 Å². The number of nitrogens with zero attached hydrogens (tertiary/aromatic N) is 2. The summed E-state index contributed by atoms with van der Waals surface area (Å²) in [5.74, 6) is -0.0850. The molecule has 2 rings (SSSR count).